The number of rotatable bonds is 4. The van der Waals surface area contributed by atoms with Gasteiger partial charge in [0.05, 0.1) is 5.69 Å². The van der Waals surface area contributed by atoms with Gasteiger partial charge in [-0.1, -0.05) is 17.7 Å². The zero-order valence-corrected chi connectivity index (χ0v) is 12.2. The molecule has 0 bridgehead atoms. The van der Waals surface area contributed by atoms with Crippen LogP contribution in [0, 0.1) is 0 Å². The van der Waals surface area contributed by atoms with Crippen LogP contribution in [0.15, 0.2) is 34.9 Å². The van der Waals surface area contributed by atoms with Crippen LogP contribution in [0.5, 0.6) is 0 Å². The van der Waals surface area contributed by atoms with Crippen LogP contribution in [0.3, 0.4) is 0 Å². The number of halogens is 1. The summed E-state index contributed by atoms with van der Waals surface area (Å²) in [5, 5.41) is 7.59. The lowest BCUT2D eigenvalue weighted by atomic mass is 10.0. The summed E-state index contributed by atoms with van der Waals surface area (Å²) >= 11 is 5.98. The Morgan fingerprint density at radius 2 is 2.40 bits per heavy atom. The third kappa shape index (κ3) is 3.03. The molecule has 20 heavy (non-hydrogen) atoms. The molecule has 1 aromatic heterocycles. The average Bonchev–Trinajstić information content (AvgIpc) is 3.06. The number of nitrogens with one attached hydrogen (secondary N) is 2. The molecule has 2 N–H and O–H groups in total. The Hall–Kier alpha value is -1.36. The second-order valence-corrected chi connectivity index (χ2v) is 5.93. The Bertz CT molecular complexity index is 590. The fraction of sp³-hybridized carbons (Fsp3) is 0.400. The van der Waals surface area contributed by atoms with Gasteiger partial charge in [0.15, 0.2) is 0 Å². The molecule has 1 unspecified atom stereocenters. The monoisotopic (exact) mass is 291 g/mol. The normalized spacial score (nSPS) is 22.3. The minimum Gasteiger partial charge on any atom is -0.444 e. The van der Waals surface area contributed by atoms with Gasteiger partial charge in [0.25, 0.3) is 0 Å². The maximum absolute atomic E-state index is 5.98. The summed E-state index contributed by atoms with van der Waals surface area (Å²) in [7, 11) is 0. The lowest BCUT2D eigenvalue weighted by Crippen LogP contribution is -2.43. The van der Waals surface area contributed by atoms with Crippen LogP contribution in [-0.2, 0) is 6.54 Å². The molecule has 1 fully saturated rings. The van der Waals surface area contributed by atoms with E-state index in [2.05, 4.69) is 22.5 Å². The van der Waals surface area contributed by atoms with Crippen molar-refractivity contribution in [2.75, 3.05) is 13.1 Å². The molecule has 1 aromatic carbocycles. The van der Waals surface area contributed by atoms with Crippen molar-refractivity contribution in [3.63, 3.8) is 0 Å². The molecule has 0 spiro atoms. The van der Waals surface area contributed by atoms with E-state index in [1.807, 2.05) is 24.3 Å². The molecular weight excluding hydrogens is 274 g/mol. The molecule has 106 valence electrons. The second-order valence-electron chi connectivity index (χ2n) is 5.50. The molecule has 0 aliphatic carbocycles. The molecular formula is C15H18ClN3O. The van der Waals surface area contributed by atoms with Gasteiger partial charge in [-0.3, -0.25) is 0 Å². The predicted octanol–water partition coefficient (Wildman–Crippen LogP) is 2.84. The summed E-state index contributed by atoms with van der Waals surface area (Å²) < 4.78 is 5.53. The fourth-order valence-electron chi connectivity index (χ4n) is 2.41. The highest BCUT2D eigenvalue weighted by Crippen LogP contribution is 2.22. The Balaban J connectivity index is 1.68. The Morgan fingerprint density at radius 3 is 3.15 bits per heavy atom. The largest absolute Gasteiger partial charge is 0.444 e. The molecule has 0 saturated carbocycles. The van der Waals surface area contributed by atoms with Crippen LogP contribution >= 0.6 is 11.6 Å². The van der Waals surface area contributed by atoms with Crippen molar-refractivity contribution in [1.82, 2.24) is 15.6 Å². The Labute approximate surface area is 123 Å². The summed E-state index contributed by atoms with van der Waals surface area (Å²) in [6.07, 6.45) is 2.83. The summed E-state index contributed by atoms with van der Waals surface area (Å²) in [5.41, 5.74) is 1.96. The first-order valence-electron chi connectivity index (χ1n) is 6.81. The highest BCUT2D eigenvalue weighted by atomic mass is 35.5. The second kappa shape index (κ2) is 5.56. The smallest absolute Gasteiger partial charge is 0.226 e. The van der Waals surface area contributed by atoms with Crippen molar-refractivity contribution >= 4 is 11.6 Å². The first-order chi connectivity index (χ1) is 9.65. The van der Waals surface area contributed by atoms with Gasteiger partial charge in [0.2, 0.25) is 5.89 Å². The molecule has 2 heterocycles. The van der Waals surface area contributed by atoms with Crippen molar-refractivity contribution < 1.29 is 4.42 Å². The zero-order valence-electron chi connectivity index (χ0n) is 11.4. The number of nitrogens with zero attached hydrogens (tertiary/aromatic N) is 1. The van der Waals surface area contributed by atoms with Gasteiger partial charge in [-0.05, 0) is 38.1 Å². The molecule has 1 aliphatic rings. The van der Waals surface area contributed by atoms with E-state index in [0.29, 0.717) is 17.5 Å². The molecule has 4 nitrogen and oxygen atoms in total. The van der Waals surface area contributed by atoms with Crippen LogP contribution in [0.4, 0.5) is 0 Å². The van der Waals surface area contributed by atoms with Crippen molar-refractivity contribution in [2.45, 2.75) is 25.4 Å². The van der Waals surface area contributed by atoms with Gasteiger partial charge in [0, 0.05) is 29.2 Å². The number of benzene rings is 1. The maximum Gasteiger partial charge on any atom is 0.226 e. The SMILES string of the molecule is CC1(NCc2coc(-c3cccc(Cl)c3)n2)CCNC1. The van der Waals surface area contributed by atoms with Gasteiger partial charge >= 0.3 is 0 Å². The van der Waals surface area contributed by atoms with E-state index in [-0.39, 0.29) is 5.54 Å². The summed E-state index contributed by atoms with van der Waals surface area (Å²) in [5.74, 6) is 0.610. The first kappa shape index (κ1) is 13.6. The zero-order chi connectivity index (χ0) is 14.0. The van der Waals surface area contributed by atoms with Crippen LogP contribution in [0.2, 0.25) is 5.02 Å². The van der Waals surface area contributed by atoms with Crippen LogP contribution < -0.4 is 10.6 Å². The quantitative estimate of drug-likeness (QED) is 0.909. The summed E-state index contributed by atoms with van der Waals surface area (Å²) in [4.78, 5) is 4.51. The van der Waals surface area contributed by atoms with Gasteiger partial charge in [0.1, 0.15) is 6.26 Å². The fourth-order valence-corrected chi connectivity index (χ4v) is 2.60. The summed E-state index contributed by atoms with van der Waals surface area (Å²) in [6, 6.07) is 7.53. The molecule has 0 radical (unpaired) electrons. The molecule has 0 amide bonds. The van der Waals surface area contributed by atoms with Gasteiger partial charge in [-0.2, -0.15) is 0 Å². The average molecular weight is 292 g/mol. The van der Waals surface area contributed by atoms with Crippen molar-refractivity contribution in [2.24, 2.45) is 0 Å². The molecule has 1 atom stereocenters. The van der Waals surface area contributed by atoms with Crippen LogP contribution in [0.1, 0.15) is 19.0 Å². The minimum atomic E-state index is 0.148. The first-order valence-corrected chi connectivity index (χ1v) is 7.19. The van der Waals surface area contributed by atoms with Crippen molar-refractivity contribution in [3.8, 4) is 11.5 Å². The summed E-state index contributed by atoms with van der Waals surface area (Å²) in [6.45, 7) is 5.00. The highest BCUT2D eigenvalue weighted by Gasteiger charge is 2.27. The number of hydrogen-bond acceptors (Lipinski definition) is 4. The van der Waals surface area contributed by atoms with Crippen molar-refractivity contribution in [3.05, 3.63) is 41.2 Å². The van der Waals surface area contributed by atoms with E-state index in [0.717, 1.165) is 30.8 Å². The standard InChI is InChI=1S/C15H18ClN3O/c1-15(5-6-17-10-15)18-8-13-9-20-14(19-13)11-3-2-4-12(16)7-11/h2-4,7,9,17-18H,5-6,8,10H2,1H3. The van der Waals surface area contributed by atoms with Gasteiger partial charge in [-0.15, -0.1) is 0 Å². The van der Waals surface area contributed by atoms with Gasteiger partial charge in [-0.25, -0.2) is 4.98 Å². The number of hydrogen-bond donors (Lipinski definition) is 2. The van der Waals surface area contributed by atoms with Crippen LogP contribution in [0.25, 0.3) is 11.5 Å². The Morgan fingerprint density at radius 1 is 1.50 bits per heavy atom. The topological polar surface area (TPSA) is 50.1 Å². The molecule has 1 aliphatic heterocycles. The van der Waals surface area contributed by atoms with Crippen molar-refractivity contribution in [1.29, 1.82) is 0 Å². The highest BCUT2D eigenvalue weighted by molar-refractivity contribution is 6.30. The van der Waals surface area contributed by atoms with E-state index in [1.165, 1.54) is 0 Å². The van der Waals surface area contributed by atoms with E-state index in [9.17, 15) is 0 Å². The predicted molar refractivity (Wildman–Crippen MR) is 79.7 cm³/mol. The third-order valence-corrected chi connectivity index (χ3v) is 3.92. The van der Waals surface area contributed by atoms with E-state index < -0.39 is 0 Å². The lowest BCUT2D eigenvalue weighted by Gasteiger charge is -2.23. The number of oxazole rings is 1. The molecule has 2 aromatic rings. The maximum atomic E-state index is 5.98. The molecule has 1 saturated heterocycles. The van der Waals surface area contributed by atoms with E-state index in [4.69, 9.17) is 16.0 Å². The third-order valence-electron chi connectivity index (χ3n) is 3.69. The minimum absolute atomic E-state index is 0.148. The van der Waals surface area contributed by atoms with E-state index >= 15 is 0 Å². The van der Waals surface area contributed by atoms with Gasteiger partial charge < -0.3 is 15.1 Å². The van der Waals surface area contributed by atoms with Crippen LogP contribution in [-0.4, -0.2) is 23.6 Å². The van der Waals surface area contributed by atoms with E-state index in [1.54, 1.807) is 6.26 Å². The number of aromatic nitrogens is 1. The lowest BCUT2D eigenvalue weighted by molar-refractivity contribution is 0.383. The molecule has 5 heteroatoms. The Kier molecular flexibility index (Phi) is 3.78. The molecule has 3 rings (SSSR count).